The van der Waals surface area contributed by atoms with Gasteiger partial charge in [-0.1, -0.05) is 50.8 Å². The average Bonchev–Trinajstić information content (AvgIpc) is 3.72. The summed E-state index contributed by atoms with van der Waals surface area (Å²) in [6.07, 6.45) is 2.60. The number of carbonyl (C=O) groups is 3. The van der Waals surface area contributed by atoms with E-state index in [9.17, 15) is 34.8 Å². The van der Waals surface area contributed by atoms with Gasteiger partial charge in [-0.3, -0.25) is 14.4 Å². The summed E-state index contributed by atoms with van der Waals surface area (Å²) in [4.78, 5) is 40.0. The van der Waals surface area contributed by atoms with E-state index in [0.717, 1.165) is 29.5 Å². The van der Waals surface area contributed by atoms with Crippen LogP contribution in [0.4, 0.5) is 0 Å². The van der Waals surface area contributed by atoms with Gasteiger partial charge >= 0.3 is 0 Å². The molecule has 4 aliphatic rings. The highest BCUT2D eigenvalue weighted by Crippen LogP contribution is 2.62. The molecule has 0 saturated heterocycles. The molecule has 2 aromatic rings. The summed E-state index contributed by atoms with van der Waals surface area (Å²) >= 11 is 0. The van der Waals surface area contributed by atoms with Crippen LogP contribution in [0.15, 0.2) is 71.2 Å². The van der Waals surface area contributed by atoms with Crippen molar-refractivity contribution in [2.75, 3.05) is 0 Å². The second-order valence-electron chi connectivity index (χ2n) is 12.9. The van der Waals surface area contributed by atoms with Crippen molar-refractivity contribution in [2.24, 2.45) is 16.7 Å². The molecular formula is C34H34O7. The number of benzene rings is 2. The minimum atomic E-state index is -2.43. The van der Waals surface area contributed by atoms with Gasteiger partial charge in [-0.2, -0.15) is 0 Å². The van der Waals surface area contributed by atoms with Crippen molar-refractivity contribution < 1.29 is 34.8 Å². The number of aromatic hydroxyl groups is 1. The van der Waals surface area contributed by atoms with Crippen LogP contribution < -0.4 is 0 Å². The normalized spacial score (nSPS) is 29.2. The lowest BCUT2D eigenvalue weighted by Gasteiger charge is -2.56. The standard InChI is InChI=1S/C34H34O7/c1-17(2)26-25(37)15-33(4)16-32(3)14-22-21(19-7-5-18(6-8-19)13-24(36)20-9-10-20)11-12-23(35)27(22)29(38)28(32)31(40)34(33,41)30(26)39/h5-8,11-12,20,35,37,40-41H,1,9-10,13-16H2,2-4H3/t32-,33+,34+/m1/s1. The number of aliphatic hydroxyl groups is 3. The Labute approximate surface area is 238 Å². The minimum absolute atomic E-state index is 0.0310. The first kappa shape index (κ1) is 27.2. The summed E-state index contributed by atoms with van der Waals surface area (Å²) in [5.74, 6) is -2.27. The molecule has 0 spiro atoms. The third-order valence-corrected chi connectivity index (χ3v) is 9.65. The maximum Gasteiger partial charge on any atom is 0.206 e. The van der Waals surface area contributed by atoms with Gasteiger partial charge in [-0.25, -0.2) is 0 Å². The van der Waals surface area contributed by atoms with Crippen LogP contribution in [-0.2, 0) is 22.4 Å². The van der Waals surface area contributed by atoms with E-state index in [1.165, 1.54) is 13.0 Å². The first-order valence-electron chi connectivity index (χ1n) is 14.0. The number of hydrogen-bond acceptors (Lipinski definition) is 7. The lowest BCUT2D eigenvalue weighted by molar-refractivity contribution is -0.157. The molecule has 2 aromatic carbocycles. The Hall–Kier alpha value is -3.97. The summed E-state index contributed by atoms with van der Waals surface area (Å²) in [7, 11) is 0. The number of rotatable bonds is 5. The Bertz CT molecular complexity index is 1640. The molecule has 1 fully saturated rings. The van der Waals surface area contributed by atoms with Gasteiger partial charge in [0, 0.05) is 35.2 Å². The molecule has 41 heavy (non-hydrogen) atoms. The zero-order valence-corrected chi connectivity index (χ0v) is 23.5. The second kappa shape index (κ2) is 8.76. The largest absolute Gasteiger partial charge is 0.512 e. The van der Waals surface area contributed by atoms with Crippen molar-refractivity contribution in [3.63, 3.8) is 0 Å². The quantitative estimate of drug-likeness (QED) is 0.376. The number of carbonyl (C=O) groups excluding carboxylic acids is 3. The van der Waals surface area contributed by atoms with Gasteiger partial charge < -0.3 is 20.4 Å². The molecular weight excluding hydrogens is 520 g/mol. The molecule has 4 N–H and O–H groups in total. The van der Waals surface area contributed by atoms with Gasteiger partial charge in [0.15, 0.2) is 11.4 Å². The Morgan fingerprint density at radius 1 is 1.00 bits per heavy atom. The first-order chi connectivity index (χ1) is 19.2. The number of Topliss-reactive ketones (excluding diaryl/α,β-unsaturated/α-hetero) is 3. The number of allylic oxidation sites excluding steroid dienone is 3. The lowest BCUT2D eigenvalue weighted by Crippen LogP contribution is -2.63. The average molecular weight is 555 g/mol. The van der Waals surface area contributed by atoms with E-state index < -0.39 is 33.8 Å². The number of ketones is 3. The van der Waals surface area contributed by atoms with Crippen molar-refractivity contribution in [2.45, 2.75) is 64.9 Å². The van der Waals surface area contributed by atoms with Crippen molar-refractivity contribution >= 4 is 17.3 Å². The molecule has 7 heteroatoms. The van der Waals surface area contributed by atoms with Crippen LogP contribution in [0.2, 0.25) is 0 Å². The monoisotopic (exact) mass is 554 g/mol. The van der Waals surface area contributed by atoms with Gasteiger partial charge in [0.05, 0.1) is 11.1 Å². The zero-order valence-electron chi connectivity index (χ0n) is 23.5. The number of hydrogen-bond donors (Lipinski definition) is 4. The van der Waals surface area contributed by atoms with E-state index in [2.05, 4.69) is 6.58 Å². The molecule has 212 valence electrons. The van der Waals surface area contributed by atoms with E-state index in [0.29, 0.717) is 12.0 Å². The van der Waals surface area contributed by atoms with Crippen molar-refractivity contribution in [1.82, 2.24) is 0 Å². The molecule has 0 bridgehead atoms. The smallest absolute Gasteiger partial charge is 0.206 e. The summed E-state index contributed by atoms with van der Waals surface area (Å²) in [6, 6.07) is 10.8. The summed E-state index contributed by atoms with van der Waals surface area (Å²) < 4.78 is 0. The highest BCUT2D eigenvalue weighted by atomic mass is 16.3. The van der Waals surface area contributed by atoms with Crippen molar-refractivity contribution in [1.29, 1.82) is 0 Å². The molecule has 3 atom stereocenters. The molecule has 0 heterocycles. The predicted molar refractivity (Wildman–Crippen MR) is 153 cm³/mol. The van der Waals surface area contributed by atoms with Crippen LogP contribution in [0.3, 0.4) is 0 Å². The van der Waals surface area contributed by atoms with Crippen LogP contribution >= 0.6 is 0 Å². The fourth-order valence-corrected chi connectivity index (χ4v) is 7.56. The number of aliphatic hydroxyl groups excluding tert-OH is 2. The molecule has 7 nitrogen and oxygen atoms in total. The SMILES string of the molecule is C=C(C)C1=C(O)C[C@@]2(C)C[C@@]3(C)Cc4c(-c5ccc(CC(=O)C6CC6)cc5)ccc(O)c4C(=O)C3=C(O)[C@@]2(O)C1=O. The number of fused-ring (bicyclic) bond motifs is 3. The molecule has 0 aliphatic heterocycles. The van der Waals surface area contributed by atoms with Gasteiger partial charge in [0.1, 0.15) is 23.1 Å². The van der Waals surface area contributed by atoms with Gasteiger partial charge in [0.25, 0.3) is 0 Å². The molecule has 1 saturated carbocycles. The molecule has 6 rings (SSSR count). The highest BCUT2D eigenvalue weighted by molar-refractivity contribution is 6.17. The van der Waals surface area contributed by atoms with E-state index in [4.69, 9.17) is 0 Å². The van der Waals surface area contributed by atoms with Crippen molar-refractivity contribution in [3.8, 4) is 16.9 Å². The maximum atomic E-state index is 14.1. The van der Waals surface area contributed by atoms with E-state index in [1.54, 1.807) is 13.0 Å². The molecule has 0 aromatic heterocycles. The third-order valence-electron chi connectivity index (χ3n) is 9.65. The van der Waals surface area contributed by atoms with Crippen LogP contribution in [0, 0.1) is 16.7 Å². The van der Waals surface area contributed by atoms with Gasteiger partial charge in [-0.15, -0.1) is 0 Å². The Morgan fingerprint density at radius 3 is 2.27 bits per heavy atom. The van der Waals surface area contributed by atoms with E-state index in [-0.39, 0.29) is 64.8 Å². The van der Waals surface area contributed by atoms with Crippen LogP contribution in [-0.4, -0.2) is 43.4 Å². The Balaban J connectivity index is 1.46. The van der Waals surface area contributed by atoms with Crippen molar-refractivity contribution in [3.05, 3.63) is 87.9 Å². The fourth-order valence-electron chi connectivity index (χ4n) is 7.56. The summed E-state index contributed by atoms with van der Waals surface area (Å²) in [5, 5.41) is 45.2. The van der Waals surface area contributed by atoms with Crippen LogP contribution in [0.1, 0.15) is 67.9 Å². The summed E-state index contributed by atoms with van der Waals surface area (Å²) in [6.45, 7) is 8.73. The van der Waals surface area contributed by atoms with Crippen LogP contribution in [0.25, 0.3) is 11.1 Å². The minimum Gasteiger partial charge on any atom is -0.512 e. The molecule has 4 aliphatic carbocycles. The lowest BCUT2D eigenvalue weighted by atomic mass is 9.48. The summed E-state index contributed by atoms with van der Waals surface area (Å²) in [5.41, 5.74) is -1.62. The molecule has 0 amide bonds. The first-order valence-corrected chi connectivity index (χ1v) is 14.0. The third kappa shape index (κ3) is 3.78. The molecule has 0 unspecified atom stereocenters. The van der Waals surface area contributed by atoms with Gasteiger partial charge in [0.2, 0.25) is 5.78 Å². The highest BCUT2D eigenvalue weighted by Gasteiger charge is 2.67. The maximum absolute atomic E-state index is 14.1. The second-order valence-corrected chi connectivity index (χ2v) is 12.9. The number of phenols is 1. The number of phenolic OH excluding ortho intramolecular Hbond substituents is 1. The van der Waals surface area contributed by atoms with Gasteiger partial charge in [-0.05, 0) is 66.5 Å². The Kier molecular flexibility index (Phi) is 5.82. The fraction of sp³-hybridized carbons (Fsp3) is 0.382. The molecule has 0 radical (unpaired) electrons. The van der Waals surface area contributed by atoms with Crippen LogP contribution in [0.5, 0.6) is 5.75 Å². The Morgan fingerprint density at radius 2 is 1.66 bits per heavy atom. The van der Waals surface area contributed by atoms with E-state index >= 15 is 0 Å². The topological polar surface area (TPSA) is 132 Å². The van der Waals surface area contributed by atoms with E-state index in [1.807, 2.05) is 31.2 Å². The predicted octanol–water partition coefficient (Wildman–Crippen LogP) is 5.64. The zero-order chi connectivity index (χ0) is 29.6.